The maximum atomic E-state index is 12.6. The highest BCUT2D eigenvalue weighted by Crippen LogP contribution is 2.40. The molecule has 2 N–H and O–H groups in total. The lowest BCUT2D eigenvalue weighted by Crippen LogP contribution is -2.21. The number of hydrogen-bond acceptors (Lipinski definition) is 6. The first kappa shape index (κ1) is 23.1. The van der Waals surface area contributed by atoms with Crippen molar-refractivity contribution >= 4 is 5.95 Å². The summed E-state index contributed by atoms with van der Waals surface area (Å²) in [6.07, 6.45) is 3.58. The minimum Gasteiger partial charge on any atom is -0.466 e. The van der Waals surface area contributed by atoms with Gasteiger partial charge in [-0.25, -0.2) is 4.98 Å². The summed E-state index contributed by atoms with van der Waals surface area (Å²) in [7, 11) is 0. The van der Waals surface area contributed by atoms with E-state index in [1.165, 1.54) is 5.56 Å². The third-order valence-corrected chi connectivity index (χ3v) is 6.54. The molecule has 0 spiro atoms. The Morgan fingerprint density at radius 1 is 1.06 bits per heavy atom. The average Bonchev–Trinajstić information content (AvgIpc) is 3.49. The molecule has 0 radical (unpaired) electrons. The van der Waals surface area contributed by atoms with Gasteiger partial charge < -0.3 is 9.73 Å². The van der Waals surface area contributed by atoms with Gasteiger partial charge in [-0.1, -0.05) is 36.4 Å². The Morgan fingerprint density at radius 2 is 1.89 bits per heavy atom. The number of furan rings is 1. The Balaban J connectivity index is 1.31. The molecule has 4 heterocycles. The average molecular weight is 470 g/mol. The molecule has 2 atom stereocenters. The molecule has 7 nitrogen and oxygen atoms in total. The quantitative estimate of drug-likeness (QED) is 0.351. The molecule has 35 heavy (non-hydrogen) atoms. The van der Waals surface area contributed by atoms with E-state index in [0.717, 1.165) is 55.4 Å². The smallest absolute Gasteiger partial charge is 0.252 e. The number of nitrogens with one attached hydrogen (secondary N) is 2. The summed E-state index contributed by atoms with van der Waals surface area (Å²) >= 11 is 0. The summed E-state index contributed by atoms with van der Waals surface area (Å²) in [5.41, 5.74) is 3.00. The van der Waals surface area contributed by atoms with Gasteiger partial charge in [0.1, 0.15) is 11.5 Å². The molecule has 7 heteroatoms. The number of aromatic nitrogens is 3. The molecule has 1 aromatic carbocycles. The predicted molar refractivity (Wildman–Crippen MR) is 137 cm³/mol. The van der Waals surface area contributed by atoms with Crippen molar-refractivity contribution in [2.24, 2.45) is 0 Å². The van der Waals surface area contributed by atoms with Crippen LogP contribution in [0.25, 0.3) is 0 Å². The van der Waals surface area contributed by atoms with Crippen LogP contribution < -0.4 is 10.9 Å². The van der Waals surface area contributed by atoms with Crippen molar-refractivity contribution in [3.8, 4) is 0 Å². The maximum absolute atomic E-state index is 12.6. The molecule has 0 aliphatic carbocycles. The van der Waals surface area contributed by atoms with Gasteiger partial charge in [-0.2, -0.15) is 0 Å². The zero-order valence-corrected chi connectivity index (χ0v) is 20.0. The SMILES string of the molecule is Cc1ccc([C@@H]2CN(Cc3ccccc3)C[C@H]2c2cc(=O)[nH]c(NCCCc3ccccn3)n2)o1. The lowest BCUT2D eigenvalue weighted by Gasteiger charge is -2.17. The first-order chi connectivity index (χ1) is 17.1. The Bertz CT molecular complexity index is 1290. The van der Waals surface area contributed by atoms with Crippen LogP contribution in [0.5, 0.6) is 0 Å². The van der Waals surface area contributed by atoms with Gasteiger partial charge in [0.25, 0.3) is 5.56 Å². The predicted octanol–water partition coefficient (Wildman–Crippen LogP) is 4.49. The monoisotopic (exact) mass is 469 g/mol. The number of anilines is 1. The molecule has 1 aliphatic heterocycles. The van der Waals surface area contributed by atoms with E-state index < -0.39 is 0 Å². The Labute approximate surface area is 205 Å². The van der Waals surface area contributed by atoms with Crippen LogP contribution in [0.2, 0.25) is 0 Å². The van der Waals surface area contributed by atoms with Crippen molar-refractivity contribution in [1.29, 1.82) is 0 Å². The highest BCUT2D eigenvalue weighted by atomic mass is 16.3. The molecule has 0 amide bonds. The van der Waals surface area contributed by atoms with Gasteiger partial charge in [-0.3, -0.25) is 19.7 Å². The number of pyridine rings is 1. The maximum Gasteiger partial charge on any atom is 0.252 e. The summed E-state index contributed by atoms with van der Waals surface area (Å²) in [5, 5.41) is 3.30. The summed E-state index contributed by atoms with van der Waals surface area (Å²) in [4.78, 5) is 27.0. The molecular formula is C28H31N5O2. The zero-order chi connectivity index (χ0) is 24.0. The molecule has 3 aromatic heterocycles. The van der Waals surface area contributed by atoms with E-state index in [0.29, 0.717) is 12.5 Å². The van der Waals surface area contributed by atoms with Gasteiger partial charge >= 0.3 is 0 Å². The summed E-state index contributed by atoms with van der Waals surface area (Å²) < 4.78 is 6.04. The fraction of sp³-hybridized carbons (Fsp3) is 0.321. The third-order valence-electron chi connectivity index (χ3n) is 6.54. The summed E-state index contributed by atoms with van der Waals surface area (Å²) in [5.74, 6) is 2.58. The molecule has 1 saturated heterocycles. The molecule has 1 fully saturated rings. The Kier molecular flexibility index (Phi) is 7.04. The lowest BCUT2D eigenvalue weighted by molar-refractivity contribution is 0.319. The number of benzene rings is 1. The van der Waals surface area contributed by atoms with Crippen molar-refractivity contribution in [3.05, 3.63) is 112 Å². The topological polar surface area (TPSA) is 87.0 Å². The second-order valence-corrected chi connectivity index (χ2v) is 9.21. The molecule has 0 bridgehead atoms. The van der Waals surface area contributed by atoms with E-state index in [2.05, 4.69) is 50.5 Å². The lowest BCUT2D eigenvalue weighted by atomic mass is 9.90. The second kappa shape index (κ2) is 10.7. The van der Waals surface area contributed by atoms with Crippen LogP contribution in [-0.2, 0) is 13.0 Å². The number of hydrogen-bond donors (Lipinski definition) is 2. The number of aromatic amines is 1. The van der Waals surface area contributed by atoms with Crippen LogP contribution >= 0.6 is 0 Å². The second-order valence-electron chi connectivity index (χ2n) is 9.21. The van der Waals surface area contributed by atoms with Gasteiger partial charge in [-0.15, -0.1) is 0 Å². The molecule has 180 valence electrons. The van der Waals surface area contributed by atoms with Crippen LogP contribution in [0.1, 0.15) is 46.7 Å². The van der Waals surface area contributed by atoms with Gasteiger partial charge in [0, 0.05) is 56.0 Å². The minimum atomic E-state index is -0.141. The zero-order valence-electron chi connectivity index (χ0n) is 20.0. The van der Waals surface area contributed by atoms with Gasteiger partial charge in [-0.05, 0) is 49.6 Å². The van der Waals surface area contributed by atoms with Gasteiger partial charge in [0.05, 0.1) is 5.69 Å². The minimum absolute atomic E-state index is 0.0700. The van der Waals surface area contributed by atoms with Gasteiger partial charge in [0.2, 0.25) is 5.95 Å². The molecule has 1 aliphatic rings. The number of nitrogens with zero attached hydrogens (tertiary/aromatic N) is 3. The van der Waals surface area contributed by atoms with Crippen molar-refractivity contribution in [1.82, 2.24) is 19.9 Å². The fourth-order valence-electron chi connectivity index (χ4n) is 4.87. The number of likely N-dealkylation sites (tertiary alicyclic amines) is 1. The Morgan fingerprint density at radius 3 is 2.66 bits per heavy atom. The molecule has 0 saturated carbocycles. The van der Waals surface area contributed by atoms with Crippen LogP contribution in [0.3, 0.4) is 0 Å². The fourth-order valence-corrected chi connectivity index (χ4v) is 4.87. The number of aryl methyl sites for hydroxylation is 2. The van der Waals surface area contributed by atoms with Crippen molar-refractivity contribution in [2.75, 3.05) is 25.0 Å². The Hall–Kier alpha value is -3.71. The van der Waals surface area contributed by atoms with E-state index in [-0.39, 0.29) is 17.4 Å². The van der Waals surface area contributed by atoms with E-state index in [4.69, 9.17) is 9.40 Å². The molecule has 0 unspecified atom stereocenters. The van der Waals surface area contributed by atoms with Crippen LogP contribution in [0.15, 0.2) is 82.1 Å². The normalized spacial score (nSPS) is 18.1. The summed E-state index contributed by atoms with van der Waals surface area (Å²) in [6, 6.07) is 22.1. The standard InChI is InChI=1S/C28H31N5O2/c1-20-12-13-26(35-20)24-19-33(17-21-8-3-2-4-9-21)18-23(24)25-16-27(34)32-28(31-25)30-15-7-11-22-10-5-6-14-29-22/h2-6,8-10,12-14,16,23-24H,7,11,15,17-19H2,1H3,(H2,30,31,32,34)/t23-,24-/m1/s1. The summed E-state index contributed by atoms with van der Waals surface area (Å²) in [6.45, 7) is 5.19. The largest absolute Gasteiger partial charge is 0.466 e. The highest BCUT2D eigenvalue weighted by molar-refractivity contribution is 5.30. The first-order valence-electron chi connectivity index (χ1n) is 12.2. The number of H-pyrrole nitrogens is 1. The van der Waals surface area contributed by atoms with Crippen LogP contribution in [0, 0.1) is 6.92 Å². The highest BCUT2D eigenvalue weighted by Gasteiger charge is 2.38. The van der Waals surface area contributed by atoms with Crippen LogP contribution in [-0.4, -0.2) is 39.5 Å². The van der Waals surface area contributed by atoms with Gasteiger partial charge in [0.15, 0.2) is 0 Å². The first-order valence-corrected chi connectivity index (χ1v) is 12.2. The van der Waals surface area contributed by atoms with Crippen molar-refractivity contribution in [2.45, 2.75) is 38.1 Å². The van der Waals surface area contributed by atoms with Crippen molar-refractivity contribution < 1.29 is 4.42 Å². The van der Waals surface area contributed by atoms with E-state index >= 15 is 0 Å². The van der Waals surface area contributed by atoms with E-state index in [1.54, 1.807) is 6.07 Å². The molecular weight excluding hydrogens is 438 g/mol. The molecule has 5 rings (SSSR count). The van der Waals surface area contributed by atoms with E-state index in [1.807, 2.05) is 43.5 Å². The number of rotatable bonds is 9. The third kappa shape index (κ3) is 5.87. The molecule has 4 aromatic rings. The van der Waals surface area contributed by atoms with Crippen molar-refractivity contribution in [3.63, 3.8) is 0 Å². The van der Waals surface area contributed by atoms with E-state index in [9.17, 15) is 4.79 Å². The van der Waals surface area contributed by atoms with Crippen LogP contribution in [0.4, 0.5) is 5.95 Å².